The summed E-state index contributed by atoms with van der Waals surface area (Å²) in [4.78, 5) is 0. The number of rotatable bonds is 0. The molecular formula is C16H24. The maximum Gasteiger partial charge on any atom is -0.0261 e. The predicted octanol–water partition coefficient (Wildman–Crippen LogP) is 4.10. The monoisotopic (exact) mass is 216 g/mol. The molecule has 0 aliphatic heterocycles. The van der Waals surface area contributed by atoms with Gasteiger partial charge in [0.05, 0.1) is 0 Å². The van der Waals surface area contributed by atoms with E-state index in [4.69, 9.17) is 0 Å². The van der Waals surface area contributed by atoms with Crippen LogP contribution in [0.15, 0.2) is 0 Å². The molecule has 0 radical (unpaired) electrons. The third-order valence-electron chi connectivity index (χ3n) is 7.92. The number of hydrogen-bond donors (Lipinski definition) is 0. The second-order valence-electron chi connectivity index (χ2n) is 8.67. The van der Waals surface area contributed by atoms with Crippen LogP contribution in [-0.4, -0.2) is 0 Å². The van der Waals surface area contributed by atoms with Crippen LogP contribution >= 0.6 is 0 Å². The van der Waals surface area contributed by atoms with Gasteiger partial charge in [0.25, 0.3) is 0 Å². The molecule has 0 N–H and O–H groups in total. The van der Waals surface area contributed by atoms with Crippen LogP contribution < -0.4 is 0 Å². The molecule has 0 nitrogen and oxygen atoms in total. The molecule has 88 valence electrons. The lowest BCUT2D eigenvalue weighted by atomic mass is 9.29. The van der Waals surface area contributed by atoms with E-state index in [1.807, 2.05) is 0 Å². The Bertz CT molecular complexity index is 344. The standard InChI is InChI=1S/C16H24/c1-15-6-12-10-3-9-4-11(12)14(8-15)16(2,5-9)13(10)7-15/h9-14H,3-8H2,1-2H3. The van der Waals surface area contributed by atoms with Crippen LogP contribution in [0, 0.1) is 46.3 Å². The zero-order valence-electron chi connectivity index (χ0n) is 10.7. The summed E-state index contributed by atoms with van der Waals surface area (Å²) >= 11 is 0. The van der Waals surface area contributed by atoms with Crippen molar-refractivity contribution >= 4 is 0 Å². The van der Waals surface area contributed by atoms with Crippen molar-refractivity contribution in [3.63, 3.8) is 0 Å². The quantitative estimate of drug-likeness (QED) is 0.572. The lowest BCUT2D eigenvalue weighted by Crippen LogP contribution is -2.68. The highest BCUT2D eigenvalue weighted by Gasteiger charge is 2.70. The molecule has 0 aromatic rings. The van der Waals surface area contributed by atoms with E-state index in [0.717, 1.165) is 28.6 Å². The predicted molar refractivity (Wildman–Crippen MR) is 64.9 cm³/mol. The highest BCUT2D eigenvalue weighted by molar-refractivity contribution is 5.19. The van der Waals surface area contributed by atoms with E-state index < -0.39 is 0 Å². The van der Waals surface area contributed by atoms with Gasteiger partial charge in [-0.05, 0) is 84.9 Å². The summed E-state index contributed by atoms with van der Waals surface area (Å²) in [7, 11) is 0. The zero-order valence-corrected chi connectivity index (χ0v) is 10.7. The van der Waals surface area contributed by atoms with Gasteiger partial charge in [-0.2, -0.15) is 0 Å². The van der Waals surface area contributed by atoms with Gasteiger partial charge in [0.2, 0.25) is 0 Å². The highest BCUT2D eigenvalue weighted by Crippen LogP contribution is 2.78. The lowest BCUT2D eigenvalue weighted by molar-refractivity contribution is -0.269. The van der Waals surface area contributed by atoms with E-state index in [-0.39, 0.29) is 0 Å². The van der Waals surface area contributed by atoms with Gasteiger partial charge >= 0.3 is 0 Å². The molecule has 0 saturated heterocycles. The molecule has 0 heteroatoms. The second-order valence-corrected chi connectivity index (χ2v) is 8.67. The second kappa shape index (κ2) is 2.27. The fourth-order valence-electron chi connectivity index (χ4n) is 7.76. The Morgan fingerprint density at radius 3 is 2.00 bits per heavy atom. The van der Waals surface area contributed by atoms with E-state index in [1.54, 1.807) is 38.5 Å². The summed E-state index contributed by atoms with van der Waals surface area (Å²) < 4.78 is 0. The Hall–Kier alpha value is 0. The van der Waals surface area contributed by atoms with Crippen molar-refractivity contribution in [2.24, 2.45) is 46.3 Å². The molecule has 7 fully saturated rings. The van der Waals surface area contributed by atoms with E-state index in [2.05, 4.69) is 13.8 Å². The molecule has 0 aromatic heterocycles. The lowest BCUT2D eigenvalue weighted by Gasteiger charge is -2.76. The van der Waals surface area contributed by atoms with Crippen molar-refractivity contribution in [1.29, 1.82) is 0 Å². The van der Waals surface area contributed by atoms with Crippen LogP contribution in [-0.2, 0) is 0 Å². The van der Waals surface area contributed by atoms with Crippen LogP contribution in [0.4, 0.5) is 0 Å². The molecule has 0 spiro atoms. The van der Waals surface area contributed by atoms with Gasteiger partial charge in [0.15, 0.2) is 0 Å². The first-order valence-corrected chi connectivity index (χ1v) is 7.59. The largest absolute Gasteiger partial charge is 0.0596 e. The first kappa shape index (κ1) is 9.00. The molecule has 7 aliphatic carbocycles. The molecule has 4 atom stereocenters. The molecule has 0 aromatic carbocycles. The average Bonchev–Trinajstić information content (AvgIpc) is 2.24. The molecule has 4 unspecified atom stereocenters. The molecule has 8 bridgehead atoms. The van der Waals surface area contributed by atoms with Crippen molar-refractivity contribution in [3.05, 3.63) is 0 Å². The minimum atomic E-state index is 0.774. The summed E-state index contributed by atoms with van der Waals surface area (Å²) in [5.74, 6) is 6.95. The van der Waals surface area contributed by atoms with E-state index in [0.29, 0.717) is 0 Å². The smallest absolute Gasteiger partial charge is 0.0261 e. The molecule has 0 amide bonds. The molecule has 7 rings (SSSR count). The maximum atomic E-state index is 2.69. The minimum Gasteiger partial charge on any atom is -0.0596 e. The van der Waals surface area contributed by atoms with Gasteiger partial charge in [-0.3, -0.25) is 0 Å². The van der Waals surface area contributed by atoms with Crippen molar-refractivity contribution in [3.8, 4) is 0 Å². The van der Waals surface area contributed by atoms with E-state index in [9.17, 15) is 0 Å². The van der Waals surface area contributed by atoms with Crippen LogP contribution in [0.3, 0.4) is 0 Å². The Kier molecular flexibility index (Phi) is 1.28. The summed E-state index contributed by atoms with van der Waals surface area (Å²) in [5.41, 5.74) is 1.57. The first-order valence-electron chi connectivity index (χ1n) is 7.59. The molecular weight excluding hydrogens is 192 g/mol. The van der Waals surface area contributed by atoms with Crippen molar-refractivity contribution < 1.29 is 0 Å². The maximum absolute atomic E-state index is 2.69. The third-order valence-corrected chi connectivity index (χ3v) is 7.92. The summed E-state index contributed by atoms with van der Waals surface area (Å²) in [6.45, 7) is 5.31. The van der Waals surface area contributed by atoms with Crippen molar-refractivity contribution in [1.82, 2.24) is 0 Å². The van der Waals surface area contributed by atoms with Crippen LogP contribution in [0.25, 0.3) is 0 Å². The van der Waals surface area contributed by atoms with Crippen LogP contribution in [0.2, 0.25) is 0 Å². The summed E-state index contributed by atoms with van der Waals surface area (Å²) in [6, 6.07) is 0. The SMILES string of the molecule is CC12CC3C4CC5CC3C(C1)C(C)(C5)C4C2. The van der Waals surface area contributed by atoms with Gasteiger partial charge in [0.1, 0.15) is 0 Å². The van der Waals surface area contributed by atoms with Gasteiger partial charge in [-0.25, -0.2) is 0 Å². The zero-order chi connectivity index (χ0) is 10.7. The highest BCUT2D eigenvalue weighted by atomic mass is 14.7. The van der Waals surface area contributed by atoms with Gasteiger partial charge in [-0.15, -0.1) is 0 Å². The van der Waals surface area contributed by atoms with Gasteiger partial charge < -0.3 is 0 Å². The van der Waals surface area contributed by atoms with Crippen molar-refractivity contribution in [2.75, 3.05) is 0 Å². The summed E-state index contributed by atoms with van der Waals surface area (Å²) in [5, 5.41) is 0. The van der Waals surface area contributed by atoms with Gasteiger partial charge in [0, 0.05) is 0 Å². The first-order chi connectivity index (χ1) is 7.59. The third kappa shape index (κ3) is 0.754. The molecule has 16 heavy (non-hydrogen) atoms. The fourth-order valence-corrected chi connectivity index (χ4v) is 7.76. The fraction of sp³-hybridized carbons (Fsp3) is 1.00. The molecule has 0 heterocycles. The molecule has 7 saturated carbocycles. The topological polar surface area (TPSA) is 0 Å². The van der Waals surface area contributed by atoms with Crippen LogP contribution in [0.5, 0.6) is 0 Å². The van der Waals surface area contributed by atoms with E-state index >= 15 is 0 Å². The van der Waals surface area contributed by atoms with E-state index in [1.165, 1.54) is 17.8 Å². The summed E-state index contributed by atoms with van der Waals surface area (Å²) in [6.07, 6.45) is 9.67. The molecule has 7 aliphatic rings. The van der Waals surface area contributed by atoms with Crippen LogP contribution in [0.1, 0.15) is 52.4 Å². The Morgan fingerprint density at radius 2 is 1.38 bits per heavy atom. The Balaban J connectivity index is 1.73. The van der Waals surface area contributed by atoms with Crippen molar-refractivity contribution in [2.45, 2.75) is 52.4 Å². The average molecular weight is 216 g/mol. The Morgan fingerprint density at radius 1 is 0.750 bits per heavy atom. The Labute approximate surface area is 99.2 Å². The van der Waals surface area contributed by atoms with Gasteiger partial charge in [-0.1, -0.05) is 13.8 Å². The number of hydrogen-bond acceptors (Lipinski definition) is 0. The minimum absolute atomic E-state index is 0.774. The normalized spacial score (nSPS) is 73.9.